The van der Waals surface area contributed by atoms with Crippen LogP contribution in [0.25, 0.3) is 0 Å². The van der Waals surface area contributed by atoms with E-state index in [1.807, 2.05) is 14.0 Å². The topological polar surface area (TPSA) is 53.9 Å². The summed E-state index contributed by atoms with van der Waals surface area (Å²) in [5, 5.41) is 6.42. The smallest absolute Gasteiger partial charge is 0.149 e. The van der Waals surface area contributed by atoms with Crippen molar-refractivity contribution in [2.45, 2.75) is 26.8 Å². The maximum atomic E-state index is 4.54. The molecule has 5 nitrogen and oxygen atoms in total. The van der Waals surface area contributed by atoms with Crippen LogP contribution in [0.1, 0.15) is 24.0 Å². The van der Waals surface area contributed by atoms with Crippen molar-refractivity contribution < 1.29 is 0 Å². The Morgan fingerprint density at radius 1 is 1.32 bits per heavy atom. The maximum Gasteiger partial charge on any atom is 0.149 e. The molecule has 0 fully saturated rings. The number of rotatable bonds is 6. The van der Waals surface area contributed by atoms with E-state index in [-0.39, 0.29) is 0 Å². The van der Waals surface area contributed by atoms with E-state index in [9.17, 15) is 0 Å². The maximum absolute atomic E-state index is 4.54. The highest BCUT2D eigenvalue weighted by Gasteiger charge is 2.07. The summed E-state index contributed by atoms with van der Waals surface area (Å²) in [6, 6.07) is 0. The Balaban J connectivity index is 2.03. The van der Waals surface area contributed by atoms with Crippen LogP contribution in [0.3, 0.4) is 0 Å². The quantitative estimate of drug-likeness (QED) is 0.880. The molecular weight excluding hydrogens is 258 g/mol. The van der Waals surface area contributed by atoms with Crippen molar-refractivity contribution >= 4 is 23.0 Å². The van der Waals surface area contributed by atoms with Gasteiger partial charge in [-0.2, -0.15) is 0 Å². The lowest BCUT2D eigenvalue weighted by Crippen LogP contribution is -2.18. The average Bonchev–Trinajstić information content (AvgIpc) is 2.82. The number of hydrogen-bond donors (Lipinski definition) is 1. The van der Waals surface area contributed by atoms with Crippen LogP contribution in [0.15, 0.2) is 17.8 Å². The average molecular weight is 277 g/mol. The number of hydrogen-bond acceptors (Lipinski definition) is 6. The molecule has 0 aromatic carbocycles. The molecule has 102 valence electrons. The van der Waals surface area contributed by atoms with Crippen LogP contribution in [0, 0.1) is 6.92 Å². The molecule has 0 saturated heterocycles. The highest BCUT2D eigenvalue weighted by molar-refractivity contribution is 7.09. The Morgan fingerprint density at radius 2 is 2.16 bits per heavy atom. The zero-order valence-corrected chi connectivity index (χ0v) is 12.4. The fraction of sp³-hybridized carbons (Fsp3) is 0.462. The Labute approximate surface area is 117 Å². The van der Waals surface area contributed by atoms with Crippen LogP contribution in [0.4, 0.5) is 11.6 Å². The minimum absolute atomic E-state index is 0.746. The Kier molecular flexibility index (Phi) is 4.68. The molecule has 2 aromatic rings. The van der Waals surface area contributed by atoms with E-state index < -0.39 is 0 Å². The molecule has 0 aliphatic rings. The predicted molar refractivity (Wildman–Crippen MR) is 79.8 cm³/mol. The third-order valence-electron chi connectivity index (χ3n) is 2.63. The van der Waals surface area contributed by atoms with Crippen molar-refractivity contribution in [3.63, 3.8) is 0 Å². The Hall–Kier alpha value is -1.69. The van der Waals surface area contributed by atoms with Crippen molar-refractivity contribution in [3.8, 4) is 0 Å². The highest BCUT2D eigenvalue weighted by atomic mass is 32.1. The molecule has 0 saturated carbocycles. The predicted octanol–water partition coefficient (Wildman–Crippen LogP) is 2.70. The fourth-order valence-electron chi connectivity index (χ4n) is 1.68. The first-order valence-corrected chi connectivity index (χ1v) is 7.25. The van der Waals surface area contributed by atoms with Gasteiger partial charge in [0.05, 0.1) is 29.6 Å². The summed E-state index contributed by atoms with van der Waals surface area (Å²) in [5.74, 6) is 1.67. The fourth-order valence-corrected chi connectivity index (χ4v) is 2.29. The lowest BCUT2D eigenvalue weighted by Gasteiger charge is -2.17. The molecule has 0 radical (unpaired) electrons. The zero-order valence-electron chi connectivity index (χ0n) is 11.6. The summed E-state index contributed by atoms with van der Waals surface area (Å²) in [6.45, 7) is 5.80. The molecule has 0 unspecified atom stereocenters. The van der Waals surface area contributed by atoms with Gasteiger partial charge in [0.15, 0.2) is 0 Å². The molecule has 0 spiro atoms. The molecule has 1 N–H and O–H groups in total. The molecule has 0 aliphatic carbocycles. The summed E-state index contributed by atoms with van der Waals surface area (Å²) in [7, 11) is 2.00. The largest absolute Gasteiger partial charge is 0.369 e. The third kappa shape index (κ3) is 3.89. The molecule has 0 aliphatic heterocycles. The van der Waals surface area contributed by atoms with Crippen LogP contribution < -0.4 is 10.2 Å². The minimum Gasteiger partial charge on any atom is -0.369 e. The molecule has 2 rings (SSSR count). The van der Waals surface area contributed by atoms with Crippen LogP contribution in [-0.2, 0) is 6.54 Å². The van der Waals surface area contributed by atoms with Crippen molar-refractivity contribution in [1.82, 2.24) is 15.0 Å². The minimum atomic E-state index is 0.746. The van der Waals surface area contributed by atoms with Gasteiger partial charge in [0.1, 0.15) is 11.6 Å². The number of nitrogens with zero attached hydrogens (tertiary/aromatic N) is 4. The van der Waals surface area contributed by atoms with Crippen LogP contribution in [0.2, 0.25) is 0 Å². The summed E-state index contributed by atoms with van der Waals surface area (Å²) in [4.78, 5) is 15.3. The van der Waals surface area contributed by atoms with Crippen LogP contribution in [-0.4, -0.2) is 28.5 Å². The van der Waals surface area contributed by atoms with Gasteiger partial charge in [0.2, 0.25) is 0 Å². The second kappa shape index (κ2) is 6.47. The summed E-state index contributed by atoms with van der Waals surface area (Å²) in [5.41, 5.74) is 1.07. The standard InChI is InChI=1S/C13H19N5S/c1-4-5-15-12-6-14-7-13(17-12)18(3)8-11-9-19-10(2)16-11/h6-7,9H,4-5,8H2,1-3H3,(H,15,17). The normalized spacial score (nSPS) is 10.5. The third-order valence-corrected chi connectivity index (χ3v) is 3.46. The van der Waals surface area contributed by atoms with E-state index in [2.05, 4.69) is 37.5 Å². The first-order chi connectivity index (χ1) is 9.19. The number of nitrogens with one attached hydrogen (secondary N) is 1. The SMILES string of the molecule is CCCNc1cncc(N(C)Cc2csc(C)n2)n1. The van der Waals surface area contributed by atoms with Crippen molar-refractivity contribution in [2.24, 2.45) is 0 Å². The van der Waals surface area contributed by atoms with Gasteiger partial charge in [-0.3, -0.25) is 4.98 Å². The molecule has 2 heterocycles. The van der Waals surface area contributed by atoms with Gasteiger partial charge < -0.3 is 10.2 Å². The number of thiazole rings is 1. The van der Waals surface area contributed by atoms with E-state index in [1.165, 1.54) is 0 Å². The Bertz CT molecular complexity index is 525. The molecule has 6 heteroatoms. The summed E-state index contributed by atoms with van der Waals surface area (Å²) >= 11 is 1.67. The second-order valence-electron chi connectivity index (χ2n) is 4.40. The highest BCUT2D eigenvalue weighted by Crippen LogP contribution is 2.15. The summed E-state index contributed by atoms with van der Waals surface area (Å²) in [6.07, 6.45) is 4.59. The van der Waals surface area contributed by atoms with E-state index in [0.717, 1.165) is 41.8 Å². The van der Waals surface area contributed by atoms with Crippen molar-refractivity contribution in [2.75, 3.05) is 23.8 Å². The van der Waals surface area contributed by atoms with Crippen LogP contribution in [0.5, 0.6) is 0 Å². The first-order valence-electron chi connectivity index (χ1n) is 6.37. The van der Waals surface area contributed by atoms with Gasteiger partial charge in [0.25, 0.3) is 0 Å². The molecule has 0 atom stereocenters. The van der Waals surface area contributed by atoms with E-state index in [1.54, 1.807) is 23.7 Å². The molecule has 0 bridgehead atoms. The second-order valence-corrected chi connectivity index (χ2v) is 5.47. The Morgan fingerprint density at radius 3 is 2.84 bits per heavy atom. The number of anilines is 2. The monoisotopic (exact) mass is 277 g/mol. The van der Waals surface area contributed by atoms with Crippen LogP contribution >= 0.6 is 11.3 Å². The van der Waals surface area contributed by atoms with Gasteiger partial charge in [-0.1, -0.05) is 6.92 Å². The summed E-state index contributed by atoms with van der Waals surface area (Å²) < 4.78 is 0. The van der Waals surface area contributed by atoms with Crippen molar-refractivity contribution in [3.05, 3.63) is 28.5 Å². The molecule has 0 amide bonds. The molecular formula is C13H19N5S. The zero-order chi connectivity index (χ0) is 13.7. The van der Waals surface area contributed by atoms with E-state index in [4.69, 9.17) is 0 Å². The molecule has 19 heavy (non-hydrogen) atoms. The van der Waals surface area contributed by atoms with E-state index in [0.29, 0.717) is 0 Å². The van der Waals surface area contributed by atoms with Gasteiger partial charge in [-0.05, 0) is 13.3 Å². The molecule has 2 aromatic heterocycles. The van der Waals surface area contributed by atoms with Crippen molar-refractivity contribution in [1.29, 1.82) is 0 Å². The number of aromatic nitrogens is 3. The van der Waals surface area contributed by atoms with Gasteiger partial charge in [0, 0.05) is 19.0 Å². The lowest BCUT2D eigenvalue weighted by molar-refractivity contribution is 0.862. The van der Waals surface area contributed by atoms with Gasteiger partial charge >= 0.3 is 0 Å². The van der Waals surface area contributed by atoms with Gasteiger partial charge in [-0.25, -0.2) is 9.97 Å². The van der Waals surface area contributed by atoms with Gasteiger partial charge in [-0.15, -0.1) is 11.3 Å². The lowest BCUT2D eigenvalue weighted by atomic mass is 10.4. The van der Waals surface area contributed by atoms with E-state index >= 15 is 0 Å². The first kappa shape index (κ1) is 13.7. The number of aryl methyl sites for hydroxylation is 1.